The minimum absolute atomic E-state index is 0.368. The number of piperidine rings is 1. The summed E-state index contributed by atoms with van der Waals surface area (Å²) in [7, 11) is -1.79. The molecule has 2 N–H and O–H groups in total. The van der Waals surface area contributed by atoms with Crippen LogP contribution in [-0.2, 0) is 14.8 Å². The molecule has 0 bridgehead atoms. The summed E-state index contributed by atoms with van der Waals surface area (Å²) in [6.45, 7) is 5.38. The maximum atomic E-state index is 12.9. The first-order chi connectivity index (χ1) is 9.87. The van der Waals surface area contributed by atoms with Crippen LogP contribution < -0.4 is 5.73 Å². The number of nitrogens with two attached hydrogens (primary N) is 1. The zero-order valence-corrected chi connectivity index (χ0v) is 13.7. The van der Waals surface area contributed by atoms with Crippen LogP contribution >= 0.6 is 0 Å². The number of rotatable bonds is 4. The van der Waals surface area contributed by atoms with E-state index in [1.807, 2.05) is 6.92 Å². The van der Waals surface area contributed by atoms with Crippen molar-refractivity contribution in [1.29, 1.82) is 0 Å². The topological polar surface area (TPSA) is 72.6 Å². The van der Waals surface area contributed by atoms with Crippen molar-refractivity contribution in [3.63, 3.8) is 0 Å². The van der Waals surface area contributed by atoms with Crippen molar-refractivity contribution in [1.82, 2.24) is 4.31 Å². The van der Waals surface area contributed by atoms with E-state index in [0.29, 0.717) is 41.8 Å². The molecule has 0 aliphatic carbocycles. The molecule has 2 rings (SSSR count). The molecule has 1 heterocycles. The Morgan fingerprint density at radius 3 is 2.48 bits per heavy atom. The SMILES string of the molecule is COCC1CCN(S(=O)(=O)c2c(C)ccc(N)c2C)CC1. The van der Waals surface area contributed by atoms with Crippen LogP contribution in [0.5, 0.6) is 0 Å². The Morgan fingerprint density at radius 1 is 1.29 bits per heavy atom. The van der Waals surface area contributed by atoms with Crippen LogP contribution in [-0.4, -0.2) is 39.5 Å². The van der Waals surface area contributed by atoms with Crippen LogP contribution in [0.25, 0.3) is 0 Å². The Hall–Kier alpha value is -1.11. The van der Waals surface area contributed by atoms with Gasteiger partial charge in [-0.05, 0) is 49.8 Å². The van der Waals surface area contributed by atoms with Crippen LogP contribution in [0.2, 0.25) is 0 Å². The third kappa shape index (κ3) is 3.22. The number of anilines is 1. The van der Waals surface area contributed by atoms with E-state index in [-0.39, 0.29) is 0 Å². The van der Waals surface area contributed by atoms with Gasteiger partial charge in [0.15, 0.2) is 0 Å². The highest BCUT2D eigenvalue weighted by Crippen LogP contribution is 2.30. The second-order valence-electron chi connectivity index (χ2n) is 5.73. The zero-order chi connectivity index (χ0) is 15.6. The minimum atomic E-state index is -3.47. The largest absolute Gasteiger partial charge is 0.398 e. The third-order valence-corrected chi connectivity index (χ3v) is 6.41. The number of hydrogen-bond donors (Lipinski definition) is 1. The number of methoxy groups -OCH3 is 1. The molecule has 0 amide bonds. The summed E-state index contributed by atoms with van der Waals surface area (Å²) < 4.78 is 32.5. The standard InChI is InChI=1S/C15H24N2O3S/c1-11-4-5-14(16)12(2)15(11)21(18,19)17-8-6-13(7-9-17)10-20-3/h4-5,13H,6-10,16H2,1-3H3. The fraction of sp³-hybridized carbons (Fsp3) is 0.600. The lowest BCUT2D eigenvalue weighted by Crippen LogP contribution is -2.39. The molecule has 1 aliphatic heterocycles. The van der Waals surface area contributed by atoms with Gasteiger partial charge in [-0.15, -0.1) is 0 Å². The Labute approximate surface area is 127 Å². The smallest absolute Gasteiger partial charge is 0.243 e. The molecule has 1 fully saturated rings. The van der Waals surface area contributed by atoms with Crippen LogP contribution in [0.4, 0.5) is 5.69 Å². The summed E-state index contributed by atoms with van der Waals surface area (Å²) in [4.78, 5) is 0.368. The fourth-order valence-electron chi connectivity index (χ4n) is 2.92. The molecule has 0 spiro atoms. The predicted molar refractivity (Wildman–Crippen MR) is 83.7 cm³/mol. The summed E-state index contributed by atoms with van der Waals surface area (Å²) in [5.41, 5.74) is 7.80. The Balaban J connectivity index is 2.26. The second-order valence-corrected chi connectivity index (χ2v) is 7.60. The van der Waals surface area contributed by atoms with E-state index < -0.39 is 10.0 Å². The first-order valence-electron chi connectivity index (χ1n) is 7.22. The quantitative estimate of drug-likeness (QED) is 0.862. The molecule has 6 heteroatoms. The van der Waals surface area contributed by atoms with E-state index in [9.17, 15) is 8.42 Å². The van der Waals surface area contributed by atoms with Crippen molar-refractivity contribution in [3.05, 3.63) is 23.3 Å². The van der Waals surface area contributed by atoms with E-state index in [4.69, 9.17) is 10.5 Å². The number of ether oxygens (including phenoxy) is 1. The van der Waals surface area contributed by atoms with Gasteiger partial charge in [0.1, 0.15) is 0 Å². The monoisotopic (exact) mass is 312 g/mol. The molecule has 21 heavy (non-hydrogen) atoms. The van der Waals surface area contributed by atoms with Gasteiger partial charge < -0.3 is 10.5 Å². The maximum absolute atomic E-state index is 12.9. The lowest BCUT2D eigenvalue weighted by atomic mass is 9.99. The number of sulfonamides is 1. The lowest BCUT2D eigenvalue weighted by molar-refractivity contribution is 0.121. The molecule has 118 valence electrons. The molecule has 1 aromatic rings. The molecule has 0 atom stereocenters. The van der Waals surface area contributed by atoms with Crippen LogP contribution in [0.1, 0.15) is 24.0 Å². The van der Waals surface area contributed by atoms with E-state index in [0.717, 1.165) is 18.4 Å². The molecule has 1 aromatic carbocycles. The lowest BCUT2D eigenvalue weighted by Gasteiger charge is -2.31. The highest BCUT2D eigenvalue weighted by atomic mass is 32.2. The Bertz CT molecular complexity index is 606. The molecule has 1 aliphatic rings. The van der Waals surface area contributed by atoms with Crippen LogP contribution in [0.3, 0.4) is 0 Å². The third-order valence-electron chi connectivity index (χ3n) is 4.22. The maximum Gasteiger partial charge on any atom is 0.243 e. The number of benzene rings is 1. The molecule has 0 aromatic heterocycles. The van der Waals surface area contributed by atoms with Crippen molar-refractivity contribution in [3.8, 4) is 0 Å². The van der Waals surface area contributed by atoms with E-state index in [2.05, 4.69) is 0 Å². The average Bonchev–Trinajstić information content (AvgIpc) is 2.44. The molecule has 0 radical (unpaired) electrons. The van der Waals surface area contributed by atoms with Crippen molar-refractivity contribution in [2.75, 3.05) is 32.5 Å². The predicted octanol–water partition coefficient (Wildman–Crippen LogP) is 1.93. The summed E-state index contributed by atoms with van der Waals surface area (Å²) in [5.74, 6) is 0.449. The normalized spacial score (nSPS) is 18.0. The van der Waals surface area contributed by atoms with Gasteiger partial charge in [-0.2, -0.15) is 4.31 Å². The van der Waals surface area contributed by atoms with Gasteiger partial charge in [-0.25, -0.2) is 8.42 Å². The summed E-state index contributed by atoms with van der Waals surface area (Å²) in [5, 5.41) is 0. The van der Waals surface area contributed by atoms with E-state index >= 15 is 0 Å². The second kappa shape index (κ2) is 6.34. The number of nitrogen functional groups attached to an aromatic ring is 1. The average molecular weight is 312 g/mol. The van der Waals surface area contributed by atoms with Gasteiger partial charge >= 0.3 is 0 Å². The van der Waals surface area contributed by atoms with Crippen molar-refractivity contribution >= 4 is 15.7 Å². The molecule has 0 saturated carbocycles. The van der Waals surface area contributed by atoms with Crippen molar-refractivity contribution in [2.45, 2.75) is 31.6 Å². The van der Waals surface area contributed by atoms with Gasteiger partial charge in [-0.1, -0.05) is 6.07 Å². The molecule has 5 nitrogen and oxygen atoms in total. The van der Waals surface area contributed by atoms with Crippen molar-refractivity contribution < 1.29 is 13.2 Å². The van der Waals surface area contributed by atoms with Gasteiger partial charge in [0.05, 0.1) is 4.90 Å². The minimum Gasteiger partial charge on any atom is -0.398 e. The highest BCUT2D eigenvalue weighted by molar-refractivity contribution is 7.89. The summed E-state index contributed by atoms with van der Waals surface area (Å²) in [6.07, 6.45) is 1.68. The van der Waals surface area contributed by atoms with Gasteiger partial charge in [0.2, 0.25) is 10.0 Å². The zero-order valence-electron chi connectivity index (χ0n) is 12.9. The Kier molecular flexibility index (Phi) is 4.91. The molecule has 1 saturated heterocycles. The Morgan fingerprint density at radius 2 is 1.90 bits per heavy atom. The van der Waals surface area contributed by atoms with Gasteiger partial charge in [0, 0.05) is 32.5 Å². The van der Waals surface area contributed by atoms with Gasteiger partial charge in [-0.3, -0.25) is 0 Å². The number of aryl methyl sites for hydroxylation is 1. The van der Waals surface area contributed by atoms with E-state index in [1.54, 1.807) is 30.5 Å². The van der Waals surface area contributed by atoms with Crippen molar-refractivity contribution in [2.24, 2.45) is 5.92 Å². The number of nitrogens with zero attached hydrogens (tertiary/aromatic N) is 1. The number of hydrogen-bond acceptors (Lipinski definition) is 4. The molecule has 0 unspecified atom stereocenters. The van der Waals surface area contributed by atoms with Gasteiger partial charge in [0.25, 0.3) is 0 Å². The molecular weight excluding hydrogens is 288 g/mol. The summed E-state index contributed by atoms with van der Waals surface area (Å²) in [6, 6.07) is 3.53. The van der Waals surface area contributed by atoms with Crippen LogP contribution in [0, 0.1) is 19.8 Å². The van der Waals surface area contributed by atoms with Crippen LogP contribution in [0.15, 0.2) is 17.0 Å². The van der Waals surface area contributed by atoms with E-state index in [1.165, 1.54) is 0 Å². The summed E-state index contributed by atoms with van der Waals surface area (Å²) >= 11 is 0. The highest BCUT2D eigenvalue weighted by Gasteiger charge is 2.31. The first-order valence-corrected chi connectivity index (χ1v) is 8.66. The molecular formula is C15H24N2O3S. The fourth-order valence-corrected chi connectivity index (χ4v) is 4.85. The first kappa shape index (κ1) is 16.3.